The molecule has 0 saturated carbocycles. The lowest BCUT2D eigenvalue weighted by Crippen LogP contribution is -2.34. The van der Waals surface area contributed by atoms with Crippen LogP contribution >= 0.6 is 0 Å². The van der Waals surface area contributed by atoms with Crippen molar-refractivity contribution in [3.63, 3.8) is 0 Å². The standard InChI is InChI=1S/C12H16F3NO2/c1-11(2,16)6-8-9(17)4-7(12(13,14)15)5-10(8)18-3/h4-5,17H,6,16H2,1-3H3. The number of phenols is 1. The summed E-state index contributed by atoms with van der Waals surface area (Å²) >= 11 is 0. The molecule has 0 heterocycles. The summed E-state index contributed by atoms with van der Waals surface area (Å²) in [4.78, 5) is 0. The Morgan fingerprint density at radius 2 is 1.83 bits per heavy atom. The molecule has 0 aliphatic heterocycles. The first-order chi connectivity index (χ1) is 8.04. The Morgan fingerprint density at radius 1 is 1.28 bits per heavy atom. The quantitative estimate of drug-likeness (QED) is 0.881. The van der Waals surface area contributed by atoms with E-state index in [0.717, 1.165) is 6.07 Å². The van der Waals surface area contributed by atoms with Crippen molar-refractivity contribution in [2.75, 3.05) is 7.11 Å². The third-order valence-electron chi connectivity index (χ3n) is 2.37. The van der Waals surface area contributed by atoms with Crippen LogP contribution < -0.4 is 10.5 Å². The Bertz CT molecular complexity index is 436. The van der Waals surface area contributed by atoms with Crippen molar-refractivity contribution in [1.29, 1.82) is 0 Å². The molecule has 1 aromatic carbocycles. The van der Waals surface area contributed by atoms with Crippen LogP contribution in [0.5, 0.6) is 11.5 Å². The van der Waals surface area contributed by atoms with Crippen LogP contribution in [0, 0.1) is 0 Å². The fraction of sp³-hybridized carbons (Fsp3) is 0.500. The lowest BCUT2D eigenvalue weighted by molar-refractivity contribution is -0.137. The number of hydrogen-bond donors (Lipinski definition) is 2. The minimum Gasteiger partial charge on any atom is -0.508 e. The van der Waals surface area contributed by atoms with Gasteiger partial charge in [0.1, 0.15) is 11.5 Å². The lowest BCUT2D eigenvalue weighted by atomic mass is 9.94. The molecule has 102 valence electrons. The average Bonchev–Trinajstić information content (AvgIpc) is 2.17. The van der Waals surface area contributed by atoms with Crippen molar-refractivity contribution < 1.29 is 23.0 Å². The number of ether oxygens (including phenoxy) is 1. The Balaban J connectivity index is 3.29. The van der Waals surface area contributed by atoms with Gasteiger partial charge in [0.2, 0.25) is 0 Å². The number of aromatic hydroxyl groups is 1. The van der Waals surface area contributed by atoms with Gasteiger partial charge < -0.3 is 15.6 Å². The van der Waals surface area contributed by atoms with E-state index in [9.17, 15) is 18.3 Å². The molecule has 0 radical (unpaired) electrons. The van der Waals surface area contributed by atoms with E-state index in [0.29, 0.717) is 6.07 Å². The van der Waals surface area contributed by atoms with Crippen molar-refractivity contribution >= 4 is 0 Å². The predicted octanol–water partition coefficient (Wildman–Crippen LogP) is 2.70. The van der Waals surface area contributed by atoms with Gasteiger partial charge in [-0.3, -0.25) is 0 Å². The molecule has 0 unspecified atom stereocenters. The van der Waals surface area contributed by atoms with Crippen LogP contribution in [0.2, 0.25) is 0 Å². The van der Waals surface area contributed by atoms with Gasteiger partial charge in [-0.25, -0.2) is 0 Å². The zero-order chi connectivity index (χ0) is 14.1. The fourth-order valence-electron chi connectivity index (χ4n) is 1.61. The van der Waals surface area contributed by atoms with Crippen LogP contribution in [0.4, 0.5) is 13.2 Å². The van der Waals surface area contributed by atoms with Crippen molar-refractivity contribution in [1.82, 2.24) is 0 Å². The topological polar surface area (TPSA) is 55.5 Å². The van der Waals surface area contributed by atoms with Gasteiger partial charge in [-0.05, 0) is 32.4 Å². The predicted molar refractivity (Wildman–Crippen MR) is 61.6 cm³/mol. The summed E-state index contributed by atoms with van der Waals surface area (Å²) in [5.74, 6) is -0.471. The van der Waals surface area contributed by atoms with E-state index in [4.69, 9.17) is 10.5 Å². The molecule has 0 aliphatic carbocycles. The van der Waals surface area contributed by atoms with Gasteiger partial charge in [0, 0.05) is 11.1 Å². The van der Waals surface area contributed by atoms with Gasteiger partial charge in [-0.15, -0.1) is 0 Å². The largest absolute Gasteiger partial charge is 0.508 e. The molecule has 6 heteroatoms. The zero-order valence-electron chi connectivity index (χ0n) is 10.4. The highest BCUT2D eigenvalue weighted by Crippen LogP contribution is 2.38. The van der Waals surface area contributed by atoms with Gasteiger partial charge in [0.15, 0.2) is 0 Å². The van der Waals surface area contributed by atoms with Crippen LogP contribution in [0.1, 0.15) is 25.0 Å². The molecule has 0 aliphatic rings. The molecule has 0 bridgehead atoms. The minimum atomic E-state index is -4.53. The number of halogens is 3. The van der Waals surface area contributed by atoms with Crippen LogP contribution in [-0.4, -0.2) is 17.8 Å². The van der Waals surface area contributed by atoms with Gasteiger partial charge in [0.25, 0.3) is 0 Å². The number of methoxy groups -OCH3 is 1. The minimum absolute atomic E-state index is 0.0131. The van der Waals surface area contributed by atoms with Crippen molar-refractivity contribution in [3.8, 4) is 11.5 Å². The van der Waals surface area contributed by atoms with Crippen molar-refractivity contribution in [3.05, 3.63) is 23.3 Å². The summed E-state index contributed by atoms with van der Waals surface area (Å²) in [7, 11) is 1.25. The number of nitrogens with two attached hydrogens (primary N) is 1. The highest BCUT2D eigenvalue weighted by atomic mass is 19.4. The van der Waals surface area contributed by atoms with E-state index < -0.39 is 23.0 Å². The molecule has 18 heavy (non-hydrogen) atoms. The fourth-order valence-corrected chi connectivity index (χ4v) is 1.61. The molecule has 1 aromatic rings. The third-order valence-corrected chi connectivity index (χ3v) is 2.37. The van der Waals surface area contributed by atoms with Gasteiger partial charge in [-0.1, -0.05) is 0 Å². The first kappa shape index (κ1) is 14.6. The molecule has 3 N–H and O–H groups in total. The maximum atomic E-state index is 12.6. The van der Waals surface area contributed by atoms with E-state index in [-0.39, 0.29) is 17.7 Å². The Kier molecular flexibility index (Phi) is 3.81. The summed E-state index contributed by atoms with van der Waals surface area (Å²) in [5.41, 5.74) is 4.46. The first-order valence-electron chi connectivity index (χ1n) is 5.30. The molecule has 0 fully saturated rings. The Hall–Kier alpha value is -1.43. The molecule has 0 saturated heterocycles. The number of benzene rings is 1. The monoisotopic (exact) mass is 263 g/mol. The Morgan fingerprint density at radius 3 is 2.22 bits per heavy atom. The van der Waals surface area contributed by atoms with Gasteiger partial charge >= 0.3 is 6.18 Å². The second-order valence-electron chi connectivity index (χ2n) is 4.84. The van der Waals surface area contributed by atoms with Gasteiger partial charge in [-0.2, -0.15) is 13.2 Å². The summed E-state index contributed by atoms with van der Waals surface area (Å²) < 4.78 is 42.6. The van der Waals surface area contributed by atoms with Crippen LogP contribution in [0.25, 0.3) is 0 Å². The van der Waals surface area contributed by atoms with Gasteiger partial charge in [0.05, 0.1) is 12.7 Å². The molecule has 3 nitrogen and oxygen atoms in total. The third kappa shape index (κ3) is 3.53. The zero-order valence-corrected chi connectivity index (χ0v) is 10.4. The highest BCUT2D eigenvalue weighted by molar-refractivity contribution is 5.48. The molecule has 0 atom stereocenters. The SMILES string of the molecule is COc1cc(C(F)(F)F)cc(O)c1CC(C)(C)N. The second kappa shape index (κ2) is 4.68. The maximum absolute atomic E-state index is 12.6. The van der Waals surface area contributed by atoms with E-state index in [1.807, 2.05) is 0 Å². The smallest absolute Gasteiger partial charge is 0.416 e. The average molecular weight is 263 g/mol. The second-order valence-corrected chi connectivity index (χ2v) is 4.84. The Labute approximate surface area is 103 Å². The van der Waals surface area contributed by atoms with E-state index in [1.165, 1.54) is 7.11 Å². The molecule has 1 rings (SSSR count). The number of hydrogen-bond acceptors (Lipinski definition) is 3. The number of phenolic OH excluding ortho intramolecular Hbond substituents is 1. The number of alkyl halides is 3. The highest BCUT2D eigenvalue weighted by Gasteiger charge is 2.33. The summed E-state index contributed by atoms with van der Waals surface area (Å²) in [6.45, 7) is 3.42. The van der Waals surface area contributed by atoms with E-state index in [1.54, 1.807) is 13.8 Å². The maximum Gasteiger partial charge on any atom is 0.416 e. The lowest BCUT2D eigenvalue weighted by Gasteiger charge is -2.22. The normalized spacial score (nSPS) is 12.6. The molecular weight excluding hydrogens is 247 g/mol. The van der Waals surface area contributed by atoms with Crippen LogP contribution in [0.3, 0.4) is 0 Å². The van der Waals surface area contributed by atoms with Crippen molar-refractivity contribution in [2.24, 2.45) is 5.73 Å². The molecule has 0 spiro atoms. The number of rotatable bonds is 3. The summed E-state index contributed by atoms with van der Waals surface area (Å²) in [6.07, 6.45) is -4.32. The molecule has 0 aromatic heterocycles. The molecular formula is C12H16F3NO2. The van der Waals surface area contributed by atoms with Crippen LogP contribution in [0.15, 0.2) is 12.1 Å². The molecule has 0 amide bonds. The first-order valence-corrected chi connectivity index (χ1v) is 5.30. The summed E-state index contributed by atoms with van der Waals surface area (Å²) in [6, 6.07) is 1.55. The van der Waals surface area contributed by atoms with Crippen LogP contribution in [-0.2, 0) is 12.6 Å². The van der Waals surface area contributed by atoms with Crippen molar-refractivity contribution in [2.45, 2.75) is 32.0 Å². The van der Waals surface area contributed by atoms with E-state index >= 15 is 0 Å². The van der Waals surface area contributed by atoms with E-state index in [2.05, 4.69) is 0 Å². The summed E-state index contributed by atoms with van der Waals surface area (Å²) in [5, 5.41) is 9.69.